The minimum atomic E-state index is 0.412. The SMILES string of the molecule is O=Cc1cccc(OCc2cnn(-c3ccccc3)c2)c1. The van der Waals surface area contributed by atoms with Crippen molar-refractivity contribution >= 4 is 6.29 Å². The molecule has 3 rings (SSSR count). The van der Waals surface area contributed by atoms with Crippen LogP contribution in [0.2, 0.25) is 0 Å². The Balaban J connectivity index is 1.69. The Morgan fingerprint density at radius 2 is 1.95 bits per heavy atom. The van der Waals surface area contributed by atoms with Crippen LogP contribution in [0.4, 0.5) is 0 Å². The van der Waals surface area contributed by atoms with Gasteiger partial charge in [0.25, 0.3) is 0 Å². The summed E-state index contributed by atoms with van der Waals surface area (Å²) in [4.78, 5) is 10.7. The second-order valence-corrected chi connectivity index (χ2v) is 4.61. The zero-order valence-electron chi connectivity index (χ0n) is 11.3. The second-order valence-electron chi connectivity index (χ2n) is 4.61. The number of hydrogen-bond acceptors (Lipinski definition) is 3. The molecule has 0 bridgehead atoms. The van der Waals surface area contributed by atoms with Gasteiger partial charge in [0.05, 0.1) is 11.9 Å². The molecular formula is C17H14N2O2. The molecule has 0 aliphatic carbocycles. The summed E-state index contributed by atoms with van der Waals surface area (Å²) in [5.41, 5.74) is 2.58. The molecule has 104 valence electrons. The maximum Gasteiger partial charge on any atom is 0.150 e. The van der Waals surface area contributed by atoms with Gasteiger partial charge in [0.1, 0.15) is 18.6 Å². The molecular weight excluding hydrogens is 264 g/mol. The molecule has 0 atom stereocenters. The van der Waals surface area contributed by atoms with Gasteiger partial charge in [-0.05, 0) is 24.3 Å². The molecule has 1 heterocycles. The number of benzene rings is 2. The Morgan fingerprint density at radius 1 is 1.10 bits per heavy atom. The molecule has 0 saturated heterocycles. The number of carbonyl (C=O) groups excluding carboxylic acids is 1. The van der Waals surface area contributed by atoms with Crippen LogP contribution in [0.5, 0.6) is 5.75 Å². The van der Waals surface area contributed by atoms with Crippen molar-refractivity contribution in [3.63, 3.8) is 0 Å². The second kappa shape index (κ2) is 6.05. The van der Waals surface area contributed by atoms with E-state index in [9.17, 15) is 4.79 Å². The highest BCUT2D eigenvalue weighted by molar-refractivity contribution is 5.75. The smallest absolute Gasteiger partial charge is 0.150 e. The third-order valence-electron chi connectivity index (χ3n) is 3.06. The average molecular weight is 278 g/mol. The molecule has 21 heavy (non-hydrogen) atoms. The van der Waals surface area contributed by atoms with Crippen molar-refractivity contribution in [3.05, 3.63) is 78.1 Å². The van der Waals surface area contributed by atoms with Crippen LogP contribution in [0.3, 0.4) is 0 Å². The van der Waals surface area contributed by atoms with Crippen molar-refractivity contribution in [2.75, 3.05) is 0 Å². The van der Waals surface area contributed by atoms with E-state index in [0.29, 0.717) is 17.9 Å². The lowest BCUT2D eigenvalue weighted by atomic mass is 10.2. The van der Waals surface area contributed by atoms with Gasteiger partial charge >= 0.3 is 0 Å². The summed E-state index contributed by atoms with van der Waals surface area (Å²) in [5, 5.41) is 4.31. The molecule has 3 aromatic rings. The van der Waals surface area contributed by atoms with Crippen LogP contribution in [-0.2, 0) is 6.61 Å². The van der Waals surface area contributed by atoms with Crippen molar-refractivity contribution in [2.24, 2.45) is 0 Å². The number of hydrogen-bond donors (Lipinski definition) is 0. The Hall–Kier alpha value is -2.88. The fourth-order valence-corrected chi connectivity index (χ4v) is 2.00. The summed E-state index contributed by atoms with van der Waals surface area (Å²) in [6.07, 6.45) is 4.51. The molecule has 0 radical (unpaired) electrons. The minimum absolute atomic E-state index is 0.412. The van der Waals surface area contributed by atoms with Gasteiger partial charge in [0.15, 0.2) is 0 Å². The van der Waals surface area contributed by atoms with Gasteiger partial charge in [0, 0.05) is 17.3 Å². The van der Waals surface area contributed by atoms with Crippen LogP contribution in [0.15, 0.2) is 67.0 Å². The largest absolute Gasteiger partial charge is 0.489 e. The van der Waals surface area contributed by atoms with Crippen molar-refractivity contribution in [1.29, 1.82) is 0 Å². The summed E-state index contributed by atoms with van der Waals surface area (Å²) in [6.45, 7) is 0.412. The Labute approximate surface area is 122 Å². The summed E-state index contributed by atoms with van der Waals surface area (Å²) in [5.74, 6) is 0.673. The molecule has 0 N–H and O–H groups in total. The third kappa shape index (κ3) is 3.17. The molecule has 4 heteroatoms. The van der Waals surface area contributed by atoms with E-state index < -0.39 is 0 Å². The van der Waals surface area contributed by atoms with Gasteiger partial charge in [-0.25, -0.2) is 4.68 Å². The van der Waals surface area contributed by atoms with Crippen molar-refractivity contribution in [1.82, 2.24) is 9.78 Å². The Kier molecular flexibility index (Phi) is 3.78. The van der Waals surface area contributed by atoms with Crippen LogP contribution < -0.4 is 4.74 Å². The molecule has 0 saturated carbocycles. The number of ether oxygens (including phenoxy) is 1. The van der Waals surface area contributed by atoms with Gasteiger partial charge in [-0.15, -0.1) is 0 Å². The number of rotatable bonds is 5. The third-order valence-corrected chi connectivity index (χ3v) is 3.06. The van der Waals surface area contributed by atoms with E-state index in [0.717, 1.165) is 17.5 Å². The summed E-state index contributed by atoms with van der Waals surface area (Å²) in [6, 6.07) is 17.0. The van der Waals surface area contributed by atoms with E-state index in [1.807, 2.05) is 42.6 Å². The highest BCUT2D eigenvalue weighted by Crippen LogP contribution is 2.15. The molecule has 0 aliphatic heterocycles. The van der Waals surface area contributed by atoms with Crippen LogP contribution in [0.1, 0.15) is 15.9 Å². The highest BCUT2D eigenvalue weighted by Gasteiger charge is 2.02. The number of aromatic nitrogens is 2. The van der Waals surface area contributed by atoms with E-state index in [-0.39, 0.29) is 0 Å². The van der Waals surface area contributed by atoms with Gasteiger partial charge in [-0.1, -0.05) is 30.3 Å². The van der Waals surface area contributed by atoms with Crippen LogP contribution >= 0.6 is 0 Å². The quantitative estimate of drug-likeness (QED) is 0.673. The normalized spacial score (nSPS) is 10.3. The fraction of sp³-hybridized carbons (Fsp3) is 0.0588. The topological polar surface area (TPSA) is 44.1 Å². The maximum absolute atomic E-state index is 10.7. The number of para-hydroxylation sites is 1. The van der Waals surface area contributed by atoms with Crippen molar-refractivity contribution < 1.29 is 9.53 Å². The van der Waals surface area contributed by atoms with E-state index in [1.165, 1.54) is 0 Å². The minimum Gasteiger partial charge on any atom is -0.489 e. The number of carbonyl (C=O) groups is 1. The van der Waals surface area contributed by atoms with Crippen LogP contribution in [-0.4, -0.2) is 16.1 Å². The molecule has 0 unspecified atom stereocenters. The Morgan fingerprint density at radius 3 is 2.76 bits per heavy atom. The molecule has 0 fully saturated rings. The lowest BCUT2D eigenvalue weighted by Gasteiger charge is -2.04. The average Bonchev–Trinajstić information content (AvgIpc) is 3.03. The lowest BCUT2D eigenvalue weighted by Crippen LogP contribution is -1.95. The zero-order valence-corrected chi connectivity index (χ0v) is 11.3. The van der Waals surface area contributed by atoms with E-state index in [1.54, 1.807) is 29.1 Å². The summed E-state index contributed by atoms with van der Waals surface area (Å²) < 4.78 is 7.48. The van der Waals surface area contributed by atoms with Gasteiger partial charge < -0.3 is 4.74 Å². The predicted molar refractivity (Wildman–Crippen MR) is 79.7 cm³/mol. The first-order chi connectivity index (χ1) is 10.3. The van der Waals surface area contributed by atoms with E-state index in [4.69, 9.17) is 4.74 Å². The van der Waals surface area contributed by atoms with Gasteiger partial charge in [-0.2, -0.15) is 5.10 Å². The molecule has 1 aromatic heterocycles. The first-order valence-electron chi connectivity index (χ1n) is 6.62. The molecule has 0 spiro atoms. The molecule has 2 aromatic carbocycles. The van der Waals surface area contributed by atoms with Gasteiger partial charge in [0.2, 0.25) is 0 Å². The number of nitrogens with zero attached hydrogens (tertiary/aromatic N) is 2. The van der Waals surface area contributed by atoms with Crippen molar-refractivity contribution in [3.8, 4) is 11.4 Å². The Bertz CT molecular complexity index is 735. The molecule has 0 amide bonds. The molecule has 4 nitrogen and oxygen atoms in total. The maximum atomic E-state index is 10.7. The van der Waals surface area contributed by atoms with E-state index in [2.05, 4.69) is 5.10 Å². The van der Waals surface area contributed by atoms with Crippen molar-refractivity contribution in [2.45, 2.75) is 6.61 Å². The van der Waals surface area contributed by atoms with Crippen LogP contribution in [0, 0.1) is 0 Å². The first-order valence-corrected chi connectivity index (χ1v) is 6.62. The first kappa shape index (κ1) is 13.1. The van der Waals surface area contributed by atoms with Gasteiger partial charge in [-0.3, -0.25) is 4.79 Å². The molecule has 0 aliphatic rings. The summed E-state index contributed by atoms with van der Waals surface area (Å²) in [7, 11) is 0. The predicted octanol–water partition coefficient (Wildman–Crippen LogP) is 3.26. The standard InChI is InChI=1S/C17H14N2O2/c20-12-14-5-4-8-17(9-14)21-13-15-10-18-19(11-15)16-6-2-1-3-7-16/h1-12H,13H2. The lowest BCUT2D eigenvalue weighted by molar-refractivity contribution is 0.112. The van der Waals surface area contributed by atoms with Crippen LogP contribution in [0.25, 0.3) is 5.69 Å². The fourth-order valence-electron chi connectivity index (χ4n) is 2.00. The zero-order chi connectivity index (χ0) is 14.5. The summed E-state index contributed by atoms with van der Waals surface area (Å²) >= 11 is 0. The number of aldehydes is 1. The van der Waals surface area contributed by atoms with E-state index >= 15 is 0 Å². The monoisotopic (exact) mass is 278 g/mol. The highest BCUT2D eigenvalue weighted by atomic mass is 16.5.